The van der Waals surface area contributed by atoms with Crippen LogP contribution in [0.5, 0.6) is 0 Å². The first kappa shape index (κ1) is 13.3. The standard InChI is InChI=1S/C16H18N2O/c17-15(11-13-7-3-1-4-8-13)16(19)18-12-14-9-5-2-6-10-14/h1-10,15H,11-12,17H2,(H,18,19)/t15-/m0/s1. The molecular weight excluding hydrogens is 236 g/mol. The van der Waals surface area contributed by atoms with E-state index >= 15 is 0 Å². The van der Waals surface area contributed by atoms with E-state index in [-0.39, 0.29) is 5.91 Å². The van der Waals surface area contributed by atoms with E-state index in [1.807, 2.05) is 60.7 Å². The Morgan fingerprint density at radius 3 is 2.05 bits per heavy atom. The molecule has 98 valence electrons. The van der Waals surface area contributed by atoms with Gasteiger partial charge in [-0.3, -0.25) is 4.79 Å². The van der Waals surface area contributed by atoms with Gasteiger partial charge in [-0.2, -0.15) is 0 Å². The zero-order chi connectivity index (χ0) is 13.5. The second kappa shape index (κ2) is 6.71. The molecule has 0 aliphatic rings. The van der Waals surface area contributed by atoms with Gasteiger partial charge in [-0.15, -0.1) is 0 Å². The van der Waals surface area contributed by atoms with Gasteiger partial charge in [0.15, 0.2) is 0 Å². The van der Waals surface area contributed by atoms with E-state index < -0.39 is 6.04 Å². The molecule has 0 aromatic heterocycles. The van der Waals surface area contributed by atoms with Gasteiger partial charge >= 0.3 is 0 Å². The second-order valence-corrected chi connectivity index (χ2v) is 4.50. The lowest BCUT2D eigenvalue weighted by Gasteiger charge is -2.12. The Morgan fingerprint density at radius 1 is 0.947 bits per heavy atom. The molecule has 3 N–H and O–H groups in total. The molecule has 0 aliphatic heterocycles. The third-order valence-corrected chi connectivity index (χ3v) is 2.94. The quantitative estimate of drug-likeness (QED) is 0.856. The summed E-state index contributed by atoms with van der Waals surface area (Å²) in [7, 11) is 0. The summed E-state index contributed by atoms with van der Waals surface area (Å²) in [6.07, 6.45) is 0.557. The van der Waals surface area contributed by atoms with Crippen LogP contribution in [-0.2, 0) is 17.8 Å². The van der Waals surface area contributed by atoms with Gasteiger partial charge in [-0.05, 0) is 17.5 Å². The Labute approximate surface area is 113 Å². The molecule has 0 unspecified atom stereocenters. The van der Waals surface area contributed by atoms with Gasteiger partial charge in [0.25, 0.3) is 0 Å². The number of nitrogens with one attached hydrogen (secondary N) is 1. The van der Waals surface area contributed by atoms with Crippen molar-refractivity contribution in [3.8, 4) is 0 Å². The number of hydrogen-bond donors (Lipinski definition) is 2. The van der Waals surface area contributed by atoms with Crippen molar-refractivity contribution in [3.63, 3.8) is 0 Å². The first-order valence-corrected chi connectivity index (χ1v) is 6.37. The van der Waals surface area contributed by atoms with Gasteiger partial charge in [-0.25, -0.2) is 0 Å². The predicted molar refractivity (Wildman–Crippen MR) is 76.4 cm³/mol. The van der Waals surface area contributed by atoms with E-state index in [2.05, 4.69) is 5.32 Å². The van der Waals surface area contributed by atoms with Crippen LogP contribution in [0.3, 0.4) is 0 Å². The van der Waals surface area contributed by atoms with Crippen molar-refractivity contribution < 1.29 is 4.79 Å². The molecule has 1 atom stereocenters. The van der Waals surface area contributed by atoms with Gasteiger partial charge < -0.3 is 11.1 Å². The summed E-state index contributed by atoms with van der Waals surface area (Å²) >= 11 is 0. The largest absolute Gasteiger partial charge is 0.351 e. The van der Waals surface area contributed by atoms with Crippen molar-refractivity contribution in [1.29, 1.82) is 0 Å². The van der Waals surface area contributed by atoms with E-state index in [1.54, 1.807) is 0 Å². The Hall–Kier alpha value is -2.13. The summed E-state index contributed by atoms with van der Waals surface area (Å²) in [5.41, 5.74) is 8.05. The highest BCUT2D eigenvalue weighted by Crippen LogP contribution is 2.02. The zero-order valence-corrected chi connectivity index (χ0v) is 10.8. The molecule has 2 aromatic carbocycles. The molecule has 2 rings (SSSR count). The Morgan fingerprint density at radius 2 is 1.47 bits per heavy atom. The second-order valence-electron chi connectivity index (χ2n) is 4.50. The summed E-state index contributed by atoms with van der Waals surface area (Å²) < 4.78 is 0. The Balaban J connectivity index is 1.83. The van der Waals surface area contributed by atoms with Crippen LogP contribution < -0.4 is 11.1 Å². The fourth-order valence-electron chi connectivity index (χ4n) is 1.88. The molecule has 1 amide bonds. The van der Waals surface area contributed by atoms with Crippen LogP contribution in [0.1, 0.15) is 11.1 Å². The Kier molecular flexibility index (Phi) is 4.70. The number of carbonyl (C=O) groups excluding carboxylic acids is 1. The fourth-order valence-corrected chi connectivity index (χ4v) is 1.88. The van der Waals surface area contributed by atoms with Crippen molar-refractivity contribution in [2.24, 2.45) is 5.73 Å². The molecule has 2 aromatic rings. The van der Waals surface area contributed by atoms with E-state index in [0.717, 1.165) is 11.1 Å². The summed E-state index contributed by atoms with van der Waals surface area (Å²) in [5, 5.41) is 2.86. The highest BCUT2D eigenvalue weighted by Gasteiger charge is 2.13. The molecule has 0 saturated carbocycles. The van der Waals surface area contributed by atoms with E-state index in [9.17, 15) is 4.79 Å². The Bertz CT molecular complexity index is 511. The highest BCUT2D eigenvalue weighted by atomic mass is 16.2. The predicted octanol–water partition coefficient (Wildman–Crippen LogP) is 1.87. The number of hydrogen-bond acceptors (Lipinski definition) is 2. The van der Waals surface area contributed by atoms with Crippen LogP contribution in [0.15, 0.2) is 60.7 Å². The molecule has 19 heavy (non-hydrogen) atoms. The van der Waals surface area contributed by atoms with Gasteiger partial charge in [0.1, 0.15) is 0 Å². The normalized spacial score (nSPS) is 11.8. The van der Waals surface area contributed by atoms with Crippen LogP contribution in [0, 0.1) is 0 Å². The third kappa shape index (κ3) is 4.23. The molecule has 0 spiro atoms. The fraction of sp³-hybridized carbons (Fsp3) is 0.188. The van der Waals surface area contributed by atoms with Gasteiger partial charge in [0.2, 0.25) is 5.91 Å². The molecule has 0 fully saturated rings. The van der Waals surface area contributed by atoms with Crippen molar-refractivity contribution in [2.45, 2.75) is 19.0 Å². The van der Waals surface area contributed by atoms with Crippen molar-refractivity contribution >= 4 is 5.91 Å². The smallest absolute Gasteiger partial charge is 0.237 e. The average molecular weight is 254 g/mol. The van der Waals surface area contributed by atoms with Crippen LogP contribution in [-0.4, -0.2) is 11.9 Å². The first-order valence-electron chi connectivity index (χ1n) is 6.37. The van der Waals surface area contributed by atoms with E-state index in [0.29, 0.717) is 13.0 Å². The molecule has 0 heterocycles. The summed E-state index contributed by atoms with van der Waals surface area (Å²) in [6, 6.07) is 19.1. The van der Waals surface area contributed by atoms with Gasteiger partial charge in [-0.1, -0.05) is 60.7 Å². The van der Waals surface area contributed by atoms with Crippen LogP contribution in [0.2, 0.25) is 0 Å². The lowest BCUT2D eigenvalue weighted by atomic mass is 10.1. The molecular formula is C16H18N2O. The molecule has 3 nitrogen and oxygen atoms in total. The monoisotopic (exact) mass is 254 g/mol. The number of rotatable bonds is 5. The number of amides is 1. The first-order chi connectivity index (χ1) is 9.25. The van der Waals surface area contributed by atoms with E-state index in [4.69, 9.17) is 5.73 Å². The van der Waals surface area contributed by atoms with Crippen LogP contribution >= 0.6 is 0 Å². The highest BCUT2D eigenvalue weighted by molar-refractivity contribution is 5.81. The lowest BCUT2D eigenvalue weighted by molar-refractivity contribution is -0.122. The zero-order valence-electron chi connectivity index (χ0n) is 10.8. The topological polar surface area (TPSA) is 55.1 Å². The molecule has 0 aliphatic carbocycles. The van der Waals surface area contributed by atoms with Crippen LogP contribution in [0.25, 0.3) is 0 Å². The molecule has 0 saturated heterocycles. The molecule has 0 bridgehead atoms. The summed E-state index contributed by atoms with van der Waals surface area (Å²) in [6.45, 7) is 0.516. The minimum absolute atomic E-state index is 0.118. The number of benzene rings is 2. The molecule has 0 radical (unpaired) electrons. The average Bonchev–Trinajstić information content (AvgIpc) is 2.47. The number of nitrogens with two attached hydrogens (primary N) is 1. The minimum atomic E-state index is -0.508. The maximum atomic E-state index is 11.9. The van der Waals surface area contributed by atoms with Crippen molar-refractivity contribution in [1.82, 2.24) is 5.32 Å². The van der Waals surface area contributed by atoms with Gasteiger partial charge in [0.05, 0.1) is 6.04 Å². The number of carbonyl (C=O) groups is 1. The summed E-state index contributed by atoms with van der Waals surface area (Å²) in [4.78, 5) is 11.9. The SMILES string of the molecule is N[C@@H](Cc1ccccc1)C(=O)NCc1ccccc1. The maximum Gasteiger partial charge on any atom is 0.237 e. The lowest BCUT2D eigenvalue weighted by Crippen LogP contribution is -2.41. The summed E-state index contributed by atoms with van der Waals surface area (Å²) in [5.74, 6) is -0.118. The minimum Gasteiger partial charge on any atom is -0.351 e. The third-order valence-electron chi connectivity index (χ3n) is 2.94. The van der Waals surface area contributed by atoms with E-state index in [1.165, 1.54) is 0 Å². The maximum absolute atomic E-state index is 11.9. The van der Waals surface area contributed by atoms with Gasteiger partial charge in [0, 0.05) is 6.54 Å². The van der Waals surface area contributed by atoms with Crippen LogP contribution in [0.4, 0.5) is 0 Å². The van der Waals surface area contributed by atoms with Crippen molar-refractivity contribution in [3.05, 3.63) is 71.8 Å². The molecule has 3 heteroatoms. The van der Waals surface area contributed by atoms with Crippen molar-refractivity contribution in [2.75, 3.05) is 0 Å².